The number of benzene rings is 2. The summed E-state index contributed by atoms with van der Waals surface area (Å²) in [5.74, 6) is 0.755. The fourth-order valence-corrected chi connectivity index (χ4v) is 4.28. The first-order chi connectivity index (χ1) is 16.2. The Hall–Kier alpha value is -2.59. The van der Waals surface area contributed by atoms with Crippen LogP contribution < -0.4 is 10.6 Å². The maximum atomic E-state index is 4.44. The Morgan fingerprint density at radius 1 is 1.03 bits per heavy atom. The smallest absolute Gasteiger partial charge is 0.0999 e. The fraction of sp³-hybridized carbons (Fsp3) is 0.500. The lowest BCUT2D eigenvalue weighted by Crippen LogP contribution is -2.26. The van der Waals surface area contributed by atoms with Crippen molar-refractivity contribution in [1.29, 1.82) is 0 Å². The first kappa shape index (κ1) is 27.7. The van der Waals surface area contributed by atoms with Crippen molar-refractivity contribution < 1.29 is 0 Å². The predicted octanol–water partition coefficient (Wildman–Crippen LogP) is 7.39. The van der Waals surface area contributed by atoms with Crippen LogP contribution in [0.15, 0.2) is 65.6 Å². The van der Waals surface area contributed by atoms with Crippen molar-refractivity contribution >= 4 is 22.2 Å². The molecular formula is C30H46N4. The van der Waals surface area contributed by atoms with Gasteiger partial charge >= 0.3 is 0 Å². The van der Waals surface area contributed by atoms with Gasteiger partial charge in [0, 0.05) is 34.9 Å². The van der Waals surface area contributed by atoms with Gasteiger partial charge in [0.05, 0.1) is 5.82 Å². The van der Waals surface area contributed by atoms with Crippen LogP contribution in [-0.2, 0) is 6.42 Å². The summed E-state index contributed by atoms with van der Waals surface area (Å²) in [5.41, 5.74) is 4.55. The maximum Gasteiger partial charge on any atom is 0.0999 e. The molecule has 2 rings (SSSR count). The molecule has 0 amide bonds. The van der Waals surface area contributed by atoms with Crippen LogP contribution in [-0.4, -0.2) is 37.3 Å². The second-order valence-corrected chi connectivity index (χ2v) is 10.1. The molecule has 34 heavy (non-hydrogen) atoms. The molecule has 0 heterocycles. The zero-order chi connectivity index (χ0) is 25.1. The van der Waals surface area contributed by atoms with E-state index in [0.717, 1.165) is 42.4 Å². The zero-order valence-corrected chi connectivity index (χ0v) is 22.6. The van der Waals surface area contributed by atoms with E-state index in [2.05, 4.69) is 104 Å². The molecule has 4 nitrogen and oxygen atoms in total. The molecule has 0 fully saturated rings. The highest BCUT2D eigenvalue weighted by atomic mass is 15.1. The average molecular weight is 463 g/mol. The van der Waals surface area contributed by atoms with E-state index in [0.29, 0.717) is 0 Å². The molecule has 0 aliphatic heterocycles. The Bertz CT molecular complexity index is 995. The summed E-state index contributed by atoms with van der Waals surface area (Å²) in [4.78, 5) is 7.01. The molecule has 4 heteroatoms. The normalized spacial score (nSPS) is 12.9. The molecule has 0 aliphatic carbocycles. The Morgan fingerprint density at radius 3 is 2.32 bits per heavy atom. The van der Waals surface area contributed by atoms with Gasteiger partial charge in [-0.05, 0) is 68.9 Å². The van der Waals surface area contributed by atoms with Crippen LogP contribution >= 0.6 is 0 Å². The van der Waals surface area contributed by atoms with Crippen LogP contribution in [0.4, 0.5) is 5.69 Å². The number of hydrogen-bond donors (Lipinski definition) is 2. The van der Waals surface area contributed by atoms with Crippen LogP contribution in [0.5, 0.6) is 0 Å². The minimum atomic E-state index is 0.00262. The molecular weight excluding hydrogens is 416 g/mol. The number of allylic oxidation sites excluding steroid dienone is 2. The lowest BCUT2D eigenvalue weighted by molar-refractivity contribution is 0.280. The molecule has 2 aromatic rings. The minimum absolute atomic E-state index is 0.00262. The number of hydrogen-bond acceptors (Lipinski definition) is 4. The second kappa shape index (κ2) is 13.3. The van der Waals surface area contributed by atoms with Crippen LogP contribution in [0.2, 0.25) is 0 Å². The molecule has 0 atom stereocenters. The lowest BCUT2D eigenvalue weighted by Gasteiger charge is -2.21. The van der Waals surface area contributed by atoms with Crippen molar-refractivity contribution in [2.45, 2.75) is 67.2 Å². The molecule has 2 N–H and O–H groups in total. The summed E-state index contributed by atoms with van der Waals surface area (Å²) in [6.07, 6.45) is 6.91. The number of fused-ring (bicyclic) bond motifs is 1. The van der Waals surface area contributed by atoms with E-state index in [1.54, 1.807) is 0 Å². The molecule has 2 aromatic carbocycles. The monoisotopic (exact) mass is 462 g/mol. The quantitative estimate of drug-likeness (QED) is 0.305. The van der Waals surface area contributed by atoms with Gasteiger partial charge in [0.1, 0.15) is 0 Å². The number of anilines is 1. The van der Waals surface area contributed by atoms with E-state index < -0.39 is 0 Å². The van der Waals surface area contributed by atoms with Gasteiger partial charge in [0.2, 0.25) is 0 Å². The van der Waals surface area contributed by atoms with Crippen molar-refractivity contribution in [2.24, 2.45) is 10.4 Å². The SMILES string of the molecule is C=C(N/C(C)=C/C(=NC)C(C)(C)C)Nc1ccc(CCCN(CC)CCCC)c2ccccc12. The number of nitrogens with zero attached hydrogens (tertiary/aromatic N) is 2. The summed E-state index contributed by atoms with van der Waals surface area (Å²) < 4.78 is 0. The van der Waals surface area contributed by atoms with Crippen LogP contribution in [0, 0.1) is 5.41 Å². The molecule has 0 radical (unpaired) electrons. The van der Waals surface area contributed by atoms with Gasteiger partial charge < -0.3 is 15.5 Å². The minimum Gasteiger partial charge on any atom is -0.346 e. The van der Waals surface area contributed by atoms with E-state index in [1.165, 1.54) is 42.1 Å². The van der Waals surface area contributed by atoms with Crippen LogP contribution in [0.3, 0.4) is 0 Å². The van der Waals surface area contributed by atoms with Gasteiger partial charge in [-0.3, -0.25) is 4.99 Å². The predicted molar refractivity (Wildman–Crippen MR) is 152 cm³/mol. The number of rotatable bonds is 13. The number of aryl methyl sites for hydroxylation is 1. The summed E-state index contributed by atoms with van der Waals surface area (Å²) in [6.45, 7) is 20.8. The van der Waals surface area contributed by atoms with E-state index in [-0.39, 0.29) is 5.41 Å². The van der Waals surface area contributed by atoms with E-state index in [1.807, 2.05) is 14.0 Å². The van der Waals surface area contributed by atoms with Crippen molar-refractivity contribution in [2.75, 3.05) is 32.0 Å². The van der Waals surface area contributed by atoms with Crippen molar-refractivity contribution in [3.8, 4) is 0 Å². The number of unbranched alkanes of at least 4 members (excludes halogenated alkanes) is 1. The Kier molecular flexibility index (Phi) is 10.8. The molecule has 0 saturated carbocycles. The molecule has 0 saturated heterocycles. The fourth-order valence-electron chi connectivity index (χ4n) is 4.28. The molecule has 0 bridgehead atoms. The molecule has 0 unspecified atom stereocenters. The lowest BCUT2D eigenvalue weighted by atomic mass is 9.89. The van der Waals surface area contributed by atoms with Gasteiger partial charge in [-0.15, -0.1) is 0 Å². The topological polar surface area (TPSA) is 39.7 Å². The molecule has 0 aromatic heterocycles. The summed E-state index contributed by atoms with van der Waals surface area (Å²) in [7, 11) is 1.84. The molecule has 0 spiro atoms. The third-order valence-electron chi connectivity index (χ3n) is 6.21. The van der Waals surface area contributed by atoms with E-state index in [9.17, 15) is 0 Å². The largest absolute Gasteiger partial charge is 0.346 e. The highest BCUT2D eigenvalue weighted by molar-refractivity contribution is 5.99. The van der Waals surface area contributed by atoms with Gasteiger partial charge in [0.15, 0.2) is 0 Å². The van der Waals surface area contributed by atoms with Crippen LogP contribution in [0.25, 0.3) is 10.8 Å². The maximum absolute atomic E-state index is 4.44. The van der Waals surface area contributed by atoms with Gasteiger partial charge in [-0.2, -0.15) is 0 Å². The van der Waals surface area contributed by atoms with Crippen molar-refractivity contribution in [3.63, 3.8) is 0 Å². The van der Waals surface area contributed by atoms with Gasteiger partial charge in [-0.1, -0.05) is 78.0 Å². The van der Waals surface area contributed by atoms with Crippen molar-refractivity contribution in [3.05, 3.63) is 66.1 Å². The Morgan fingerprint density at radius 2 is 1.71 bits per heavy atom. The average Bonchev–Trinajstić information content (AvgIpc) is 2.80. The third kappa shape index (κ3) is 8.32. The van der Waals surface area contributed by atoms with Crippen molar-refractivity contribution in [1.82, 2.24) is 10.2 Å². The summed E-state index contributed by atoms with van der Waals surface area (Å²) in [6, 6.07) is 13.1. The van der Waals surface area contributed by atoms with E-state index >= 15 is 0 Å². The first-order valence-corrected chi connectivity index (χ1v) is 12.8. The number of aliphatic imine (C=N–C) groups is 1. The first-order valence-electron chi connectivity index (χ1n) is 12.8. The molecule has 0 aliphatic rings. The Labute approximate surface area is 208 Å². The molecule has 186 valence electrons. The van der Waals surface area contributed by atoms with Crippen LogP contribution in [0.1, 0.15) is 66.4 Å². The highest BCUT2D eigenvalue weighted by Crippen LogP contribution is 2.28. The van der Waals surface area contributed by atoms with Gasteiger partial charge in [-0.25, -0.2) is 0 Å². The zero-order valence-electron chi connectivity index (χ0n) is 22.6. The summed E-state index contributed by atoms with van der Waals surface area (Å²) in [5, 5.41) is 9.42. The summed E-state index contributed by atoms with van der Waals surface area (Å²) >= 11 is 0. The standard InChI is InChI=1S/C30H46N4/c1-9-11-20-34(10-2)21-14-15-25-18-19-28(27-17-13-12-16-26(25)27)33-24(4)32-23(3)22-29(31-8)30(5,6)7/h12-13,16-19,22,32-33H,4,9-11,14-15,20-21H2,1-3,5-8H3/b23-22+,31-29?. The van der Waals surface area contributed by atoms with E-state index in [4.69, 9.17) is 0 Å². The second-order valence-electron chi connectivity index (χ2n) is 10.1. The third-order valence-corrected chi connectivity index (χ3v) is 6.21. The highest BCUT2D eigenvalue weighted by Gasteiger charge is 2.16. The number of nitrogens with one attached hydrogen (secondary N) is 2. The Balaban J connectivity index is 2.10. The van der Waals surface area contributed by atoms with Gasteiger partial charge in [0.25, 0.3) is 0 Å².